The Morgan fingerprint density at radius 2 is 2.21 bits per heavy atom. The molecule has 1 aromatic carbocycles. The first-order valence-corrected chi connectivity index (χ1v) is 7.27. The van der Waals surface area contributed by atoms with Crippen LogP contribution in [0.5, 0.6) is 0 Å². The number of hydrogen-bond donors (Lipinski definition) is 1. The number of halogens is 1. The van der Waals surface area contributed by atoms with E-state index in [9.17, 15) is 0 Å². The minimum atomic E-state index is 0.530. The Morgan fingerprint density at radius 1 is 1.26 bits per heavy atom. The summed E-state index contributed by atoms with van der Waals surface area (Å²) in [6.45, 7) is 0.795. The summed E-state index contributed by atoms with van der Waals surface area (Å²) < 4.78 is 6.33. The van der Waals surface area contributed by atoms with Crippen molar-refractivity contribution in [2.75, 3.05) is 5.32 Å². The maximum atomic E-state index is 5.19. The van der Waals surface area contributed by atoms with E-state index in [2.05, 4.69) is 43.6 Å². The van der Waals surface area contributed by atoms with Gasteiger partial charge in [-0.1, -0.05) is 6.07 Å². The zero-order valence-electron chi connectivity index (χ0n) is 9.84. The predicted molar refractivity (Wildman–Crippen MR) is 79.1 cm³/mol. The van der Waals surface area contributed by atoms with Crippen LogP contribution in [0.25, 0.3) is 11.5 Å². The quantitative estimate of drug-likeness (QED) is 0.777. The van der Waals surface area contributed by atoms with Gasteiger partial charge < -0.3 is 9.73 Å². The van der Waals surface area contributed by atoms with Gasteiger partial charge in [0.2, 0.25) is 12.3 Å². The highest BCUT2D eigenvalue weighted by atomic mass is 79.9. The molecule has 3 aromatic rings. The Balaban J connectivity index is 1.73. The third kappa shape index (κ3) is 3.02. The SMILES string of the molecule is Brc1ccc(CNc2cccc(-c3nnco3)c2)s1. The lowest BCUT2D eigenvalue weighted by Gasteiger charge is -2.05. The monoisotopic (exact) mass is 335 g/mol. The van der Waals surface area contributed by atoms with Crippen molar-refractivity contribution in [1.29, 1.82) is 0 Å². The van der Waals surface area contributed by atoms with Crippen LogP contribution in [0.2, 0.25) is 0 Å². The summed E-state index contributed by atoms with van der Waals surface area (Å²) in [7, 11) is 0. The fourth-order valence-electron chi connectivity index (χ4n) is 1.70. The summed E-state index contributed by atoms with van der Waals surface area (Å²) in [6, 6.07) is 12.1. The van der Waals surface area contributed by atoms with Gasteiger partial charge in [0.15, 0.2) is 0 Å². The second kappa shape index (κ2) is 5.54. The Hall–Kier alpha value is -1.66. The fraction of sp³-hybridized carbons (Fsp3) is 0.0769. The molecule has 0 fully saturated rings. The Bertz CT molecular complexity index is 666. The van der Waals surface area contributed by atoms with Crippen molar-refractivity contribution in [2.24, 2.45) is 0 Å². The maximum Gasteiger partial charge on any atom is 0.247 e. The van der Waals surface area contributed by atoms with Gasteiger partial charge in [0.25, 0.3) is 0 Å². The summed E-state index contributed by atoms with van der Waals surface area (Å²) in [5.74, 6) is 0.530. The average molecular weight is 336 g/mol. The summed E-state index contributed by atoms with van der Waals surface area (Å²) in [5.41, 5.74) is 1.94. The minimum absolute atomic E-state index is 0.530. The van der Waals surface area contributed by atoms with Gasteiger partial charge >= 0.3 is 0 Å². The predicted octanol–water partition coefficient (Wildman–Crippen LogP) is 4.17. The molecule has 19 heavy (non-hydrogen) atoms. The molecule has 0 radical (unpaired) electrons. The largest absolute Gasteiger partial charge is 0.423 e. The second-order valence-corrected chi connectivity index (χ2v) is 6.43. The summed E-state index contributed by atoms with van der Waals surface area (Å²) in [6.07, 6.45) is 1.33. The number of nitrogens with zero attached hydrogens (tertiary/aromatic N) is 2. The van der Waals surface area contributed by atoms with Crippen molar-refractivity contribution in [3.05, 3.63) is 51.5 Å². The number of nitrogens with one attached hydrogen (secondary N) is 1. The molecule has 2 aromatic heterocycles. The molecule has 0 saturated heterocycles. The first kappa shape index (κ1) is 12.4. The van der Waals surface area contributed by atoms with E-state index in [1.807, 2.05) is 24.3 Å². The van der Waals surface area contributed by atoms with Crippen LogP contribution in [0.3, 0.4) is 0 Å². The van der Waals surface area contributed by atoms with Crippen molar-refractivity contribution in [3.63, 3.8) is 0 Å². The molecule has 0 bridgehead atoms. The molecule has 0 unspecified atom stereocenters. The lowest BCUT2D eigenvalue weighted by molar-refractivity contribution is 0.568. The number of benzene rings is 1. The number of aromatic nitrogens is 2. The lowest BCUT2D eigenvalue weighted by Crippen LogP contribution is -1.97. The van der Waals surface area contributed by atoms with Crippen LogP contribution in [0.1, 0.15) is 4.88 Å². The van der Waals surface area contributed by atoms with E-state index in [1.54, 1.807) is 11.3 Å². The van der Waals surface area contributed by atoms with E-state index in [0.717, 1.165) is 21.6 Å². The van der Waals surface area contributed by atoms with Gasteiger partial charge in [0.05, 0.1) is 3.79 Å². The first-order valence-electron chi connectivity index (χ1n) is 5.66. The molecule has 1 N–H and O–H groups in total. The van der Waals surface area contributed by atoms with Gasteiger partial charge in [-0.05, 0) is 46.3 Å². The van der Waals surface area contributed by atoms with Crippen LogP contribution in [0.15, 0.2) is 51.0 Å². The number of hydrogen-bond acceptors (Lipinski definition) is 5. The first-order chi connectivity index (χ1) is 9.31. The molecule has 0 atom stereocenters. The molecule has 6 heteroatoms. The van der Waals surface area contributed by atoms with Crippen LogP contribution in [-0.2, 0) is 6.54 Å². The zero-order valence-corrected chi connectivity index (χ0v) is 12.2. The van der Waals surface area contributed by atoms with Crippen molar-refractivity contribution in [3.8, 4) is 11.5 Å². The van der Waals surface area contributed by atoms with Gasteiger partial charge in [-0.3, -0.25) is 0 Å². The third-order valence-corrected chi connectivity index (χ3v) is 4.19. The van der Waals surface area contributed by atoms with Crippen LogP contribution < -0.4 is 5.32 Å². The summed E-state index contributed by atoms with van der Waals surface area (Å²) in [4.78, 5) is 1.27. The summed E-state index contributed by atoms with van der Waals surface area (Å²) in [5, 5.41) is 11.0. The molecule has 3 rings (SSSR count). The van der Waals surface area contributed by atoms with Crippen molar-refractivity contribution < 1.29 is 4.42 Å². The van der Waals surface area contributed by atoms with Crippen LogP contribution in [0, 0.1) is 0 Å². The molecule has 2 heterocycles. The smallest absolute Gasteiger partial charge is 0.247 e. The van der Waals surface area contributed by atoms with Gasteiger partial charge in [-0.2, -0.15) is 0 Å². The Labute approximate surface area is 122 Å². The zero-order chi connectivity index (χ0) is 13.1. The highest BCUT2D eigenvalue weighted by Gasteiger charge is 2.04. The van der Waals surface area contributed by atoms with E-state index in [0.29, 0.717) is 5.89 Å². The molecule has 4 nitrogen and oxygen atoms in total. The number of thiophene rings is 1. The van der Waals surface area contributed by atoms with E-state index < -0.39 is 0 Å². The average Bonchev–Trinajstić information content (AvgIpc) is 3.08. The van der Waals surface area contributed by atoms with Crippen LogP contribution >= 0.6 is 27.3 Å². The highest BCUT2D eigenvalue weighted by molar-refractivity contribution is 9.11. The van der Waals surface area contributed by atoms with Crippen molar-refractivity contribution in [1.82, 2.24) is 10.2 Å². The molecule has 0 spiro atoms. The Morgan fingerprint density at radius 3 is 2.95 bits per heavy atom. The molecule has 0 aliphatic rings. The van der Waals surface area contributed by atoms with Gasteiger partial charge in [0.1, 0.15) is 0 Å². The highest BCUT2D eigenvalue weighted by Crippen LogP contribution is 2.24. The number of anilines is 1. The maximum absolute atomic E-state index is 5.19. The molecule has 96 valence electrons. The van der Waals surface area contributed by atoms with Gasteiger partial charge in [-0.15, -0.1) is 21.5 Å². The van der Waals surface area contributed by atoms with E-state index in [4.69, 9.17) is 4.42 Å². The van der Waals surface area contributed by atoms with Gasteiger partial charge in [-0.25, -0.2) is 0 Å². The summed E-state index contributed by atoms with van der Waals surface area (Å²) >= 11 is 5.18. The fourth-order valence-corrected chi connectivity index (χ4v) is 3.12. The standard InChI is InChI=1S/C13H10BrN3OS/c14-12-5-4-11(19-12)7-15-10-3-1-2-9(6-10)13-17-16-8-18-13/h1-6,8,15H,7H2. The molecular weight excluding hydrogens is 326 g/mol. The van der Waals surface area contributed by atoms with Crippen LogP contribution in [-0.4, -0.2) is 10.2 Å². The van der Waals surface area contributed by atoms with Crippen molar-refractivity contribution >= 4 is 33.0 Å². The molecule has 0 aliphatic heterocycles. The topological polar surface area (TPSA) is 51.0 Å². The second-order valence-electron chi connectivity index (χ2n) is 3.88. The molecule has 0 saturated carbocycles. The third-order valence-electron chi connectivity index (χ3n) is 2.57. The Kier molecular flexibility index (Phi) is 3.61. The number of rotatable bonds is 4. The lowest BCUT2D eigenvalue weighted by atomic mass is 10.2. The van der Waals surface area contributed by atoms with E-state index in [-0.39, 0.29) is 0 Å². The van der Waals surface area contributed by atoms with E-state index in [1.165, 1.54) is 11.3 Å². The van der Waals surface area contributed by atoms with E-state index >= 15 is 0 Å². The molecule has 0 amide bonds. The van der Waals surface area contributed by atoms with Crippen molar-refractivity contribution in [2.45, 2.75) is 6.54 Å². The molecule has 0 aliphatic carbocycles. The normalized spacial score (nSPS) is 10.6. The van der Waals surface area contributed by atoms with Crippen LogP contribution in [0.4, 0.5) is 5.69 Å². The minimum Gasteiger partial charge on any atom is -0.423 e. The molecular formula is C13H10BrN3OS. The van der Waals surface area contributed by atoms with Gasteiger partial charge in [0, 0.05) is 22.7 Å².